The predicted octanol–water partition coefficient (Wildman–Crippen LogP) is 2.79. The molecule has 2 fully saturated rings. The van der Waals surface area contributed by atoms with E-state index in [1.165, 1.54) is 4.68 Å². The van der Waals surface area contributed by atoms with E-state index >= 15 is 0 Å². The summed E-state index contributed by atoms with van der Waals surface area (Å²) in [4.78, 5) is 15.4. The summed E-state index contributed by atoms with van der Waals surface area (Å²) in [6.45, 7) is 4.57. The van der Waals surface area contributed by atoms with Gasteiger partial charge in [-0.25, -0.2) is 8.42 Å². The second-order valence-corrected chi connectivity index (χ2v) is 11.5. The van der Waals surface area contributed by atoms with Crippen LogP contribution in [0.5, 0.6) is 5.75 Å². The van der Waals surface area contributed by atoms with Gasteiger partial charge in [0.2, 0.25) is 15.8 Å². The van der Waals surface area contributed by atoms with Crippen LogP contribution >= 0.6 is 0 Å². The molecule has 1 saturated carbocycles. The summed E-state index contributed by atoms with van der Waals surface area (Å²) in [5, 5.41) is 4.40. The number of benzene rings is 2. The second-order valence-electron chi connectivity index (χ2n) is 9.21. The fourth-order valence-corrected chi connectivity index (χ4v) is 7.05. The monoisotopic (exact) mass is 524 g/mol. The molecule has 3 aromatic rings. The Hall–Kier alpha value is -3.21. The van der Waals surface area contributed by atoms with Crippen LogP contribution in [-0.2, 0) is 19.5 Å². The van der Waals surface area contributed by atoms with Crippen LogP contribution in [0.3, 0.4) is 0 Å². The molecule has 2 heterocycles. The van der Waals surface area contributed by atoms with Gasteiger partial charge in [0.15, 0.2) is 0 Å². The number of rotatable bonds is 10. The minimum absolute atomic E-state index is 0.192. The topological polar surface area (TPSA) is 94.0 Å². The first-order valence-electron chi connectivity index (χ1n) is 12.7. The van der Waals surface area contributed by atoms with Gasteiger partial charge in [0, 0.05) is 32.8 Å². The Morgan fingerprint density at radius 3 is 2.19 bits per heavy atom. The smallest absolute Gasteiger partial charge is 0.316 e. The largest absolute Gasteiger partial charge is 0.484 e. The minimum Gasteiger partial charge on any atom is -0.484 e. The molecule has 1 saturated heterocycles. The Bertz CT molecular complexity index is 1370. The van der Waals surface area contributed by atoms with Crippen molar-refractivity contribution in [2.24, 2.45) is 0 Å². The molecule has 0 radical (unpaired) electrons. The van der Waals surface area contributed by atoms with Crippen molar-refractivity contribution in [2.75, 3.05) is 50.9 Å². The number of hydrogen-bond acceptors (Lipinski definition) is 7. The summed E-state index contributed by atoms with van der Waals surface area (Å²) in [7, 11) is -3.51. The molecule has 1 aromatic heterocycles. The van der Waals surface area contributed by atoms with Crippen molar-refractivity contribution in [3.63, 3.8) is 0 Å². The van der Waals surface area contributed by atoms with Gasteiger partial charge in [0.25, 0.3) is 0 Å². The van der Waals surface area contributed by atoms with Crippen LogP contribution < -0.4 is 15.2 Å². The number of para-hydroxylation sites is 1. The Balaban J connectivity index is 1.37. The molecule has 2 aromatic carbocycles. The van der Waals surface area contributed by atoms with E-state index in [9.17, 15) is 13.2 Å². The number of sulfonamides is 1. The number of aromatic nitrogens is 2. The van der Waals surface area contributed by atoms with Gasteiger partial charge in [-0.2, -0.15) is 14.1 Å². The average Bonchev–Trinajstić information content (AvgIpc) is 3.76. The second kappa shape index (κ2) is 10.6. The van der Waals surface area contributed by atoms with Crippen LogP contribution in [0, 0.1) is 0 Å². The zero-order valence-electron chi connectivity index (χ0n) is 21.0. The van der Waals surface area contributed by atoms with E-state index in [4.69, 9.17) is 9.47 Å². The first-order valence-corrected chi connectivity index (χ1v) is 14.1. The van der Waals surface area contributed by atoms with E-state index in [-0.39, 0.29) is 17.9 Å². The fraction of sp³-hybridized carbons (Fsp3) is 0.407. The summed E-state index contributed by atoms with van der Waals surface area (Å²) in [6.07, 6.45) is 2.90. The van der Waals surface area contributed by atoms with Crippen LogP contribution in [0.4, 0.5) is 5.69 Å². The molecule has 196 valence electrons. The lowest BCUT2D eigenvalue weighted by Crippen LogP contribution is -2.51. The van der Waals surface area contributed by atoms with E-state index in [2.05, 4.69) is 5.10 Å². The zero-order valence-corrected chi connectivity index (χ0v) is 21.8. The average molecular weight is 525 g/mol. The van der Waals surface area contributed by atoms with E-state index in [1.807, 2.05) is 72.5 Å². The van der Waals surface area contributed by atoms with Crippen molar-refractivity contribution in [3.05, 3.63) is 82.8 Å². The highest BCUT2D eigenvalue weighted by Crippen LogP contribution is 2.54. The number of nitrogens with zero attached hydrogens (tertiary/aromatic N) is 4. The molecule has 9 nitrogen and oxygen atoms in total. The Labute approximate surface area is 217 Å². The molecule has 1 aliphatic carbocycles. The maximum Gasteiger partial charge on any atom is 0.316 e. The summed E-state index contributed by atoms with van der Waals surface area (Å²) < 4.78 is 40.7. The lowest BCUT2D eigenvalue weighted by atomic mass is 10.1. The number of ether oxygens (including phenoxy) is 2. The number of piperazine rings is 1. The molecule has 10 heteroatoms. The van der Waals surface area contributed by atoms with Crippen LogP contribution in [-0.4, -0.2) is 68.5 Å². The minimum atomic E-state index is -3.51. The Morgan fingerprint density at radius 1 is 0.919 bits per heavy atom. The molecule has 0 spiro atoms. The van der Waals surface area contributed by atoms with Gasteiger partial charge in [0.05, 0.1) is 18.5 Å². The molecule has 5 rings (SSSR count). The van der Waals surface area contributed by atoms with Crippen molar-refractivity contribution in [2.45, 2.75) is 24.5 Å². The molecule has 0 amide bonds. The predicted molar refractivity (Wildman–Crippen MR) is 142 cm³/mol. The van der Waals surface area contributed by atoms with Gasteiger partial charge < -0.3 is 14.4 Å². The number of hydrogen-bond donors (Lipinski definition) is 0. The standard InChI is InChI=1S/C27H32N4O5S/c1-2-35-19-20-36-25-24(21-28-31(26(25)32)23-11-7-4-8-12-23)29-15-17-30(18-16-29)37(33,34)27(13-14-27)22-9-5-3-6-10-22/h3-12,21H,2,13-20H2,1H3. The molecule has 1 aliphatic heterocycles. The van der Waals surface area contributed by atoms with Crippen molar-refractivity contribution in [3.8, 4) is 11.4 Å². The zero-order chi connectivity index (χ0) is 25.9. The summed E-state index contributed by atoms with van der Waals surface area (Å²) >= 11 is 0. The third-order valence-electron chi connectivity index (χ3n) is 7.01. The third kappa shape index (κ3) is 4.88. The van der Waals surface area contributed by atoms with Crippen LogP contribution in [0.15, 0.2) is 71.7 Å². The quantitative estimate of drug-likeness (QED) is 0.377. The molecule has 0 atom stereocenters. The molecule has 37 heavy (non-hydrogen) atoms. The lowest BCUT2D eigenvalue weighted by molar-refractivity contribution is 0.109. The highest BCUT2D eigenvalue weighted by atomic mass is 32.2. The van der Waals surface area contributed by atoms with Crippen molar-refractivity contribution in [1.29, 1.82) is 0 Å². The van der Waals surface area contributed by atoms with Crippen LogP contribution in [0.2, 0.25) is 0 Å². The SMILES string of the molecule is CCOCCOc1c(N2CCN(S(=O)(=O)C3(c4ccccc4)CC3)CC2)cnn(-c2ccccc2)c1=O. The maximum absolute atomic E-state index is 13.6. The number of anilines is 1. The van der Waals surface area contributed by atoms with E-state index in [0.29, 0.717) is 63.6 Å². The molecule has 2 aliphatic rings. The molecule has 0 N–H and O–H groups in total. The fourth-order valence-electron chi connectivity index (χ4n) is 4.86. The third-order valence-corrected chi connectivity index (χ3v) is 9.69. The van der Waals surface area contributed by atoms with Crippen LogP contribution in [0.25, 0.3) is 5.69 Å². The van der Waals surface area contributed by atoms with Crippen molar-refractivity contribution >= 4 is 15.7 Å². The van der Waals surface area contributed by atoms with E-state index in [0.717, 1.165) is 5.56 Å². The van der Waals surface area contributed by atoms with Crippen molar-refractivity contribution < 1.29 is 17.9 Å². The van der Waals surface area contributed by atoms with Gasteiger partial charge in [-0.15, -0.1) is 0 Å². The summed E-state index contributed by atoms with van der Waals surface area (Å²) in [5.41, 5.74) is 1.70. The highest BCUT2D eigenvalue weighted by Gasteiger charge is 2.58. The molecule has 0 unspecified atom stereocenters. The Kier molecular flexibility index (Phi) is 7.32. The Morgan fingerprint density at radius 2 is 1.57 bits per heavy atom. The molecule has 0 bridgehead atoms. The lowest BCUT2D eigenvalue weighted by Gasteiger charge is -2.37. The molecular formula is C27H32N4O5S. The summed E-state index contributed by atoms with van der Waals surface area (Å²) in [6, 6.07) is 18.7. The van der Waals surface area contributed by atoms with E-state index < -0.39 is 14.8 Å². The maximum atomic E-state index is 13.6. The first-order chi connectivity index (χ1) is 18.0. The molecular weight excluding hydrogens is 492 g/mol. The van der Waals surface area contributed by atoms with Crippen molar-refractivity contribution in [1.82, 2.24) is 14.1 Å². The van der Waals surface area contributed by atoms with Gasteiger partial charge in [-0.1, -0.05) is 48.5 Å². The first kappa shape index (κ1) is 25.4. The van der Waals surface area contributed by atoms with Gasteiger partial charge in [-0.05, 0) is 37.5 Å². The van der Waals surface area contributed by atoms with Gasteiger partial charge in [-0.3, -0.25) is 4.79 Å². The van der Waals surface area contributed by atoms with Gasteiger partial charge >= 0.3 is 5.56 Å². The normalized spacial score (nSPS) is 17.5. The highest BCUT2D eigenvalue weighted by molar-refractivity contribution is 7.90. The van der Waals surface area contributed by atoms with Crippen LogP contribution in [0.1, 0.15) is 25.3 Å². The van der Waals surface area contributed by atoms with E-state index in [1.54, 1.807) is 10.5 Å². The van der Waals surface area contributed by atoms with Gasteiger partial charge in [0.1, 0.15) is 17.0 Å². The summed E-state index contributed by atoms with van der Waals surface area (Å²) in [5.74, 6) is 0.192.